The Morgan fingerprint density at radius 1 is 1.28 bits per heavy atom. The van der Waals surface area contributed by atoms with Crippen molar-refractivity contribution in [2.45, 2.75) is 50.3 Å². The number of ether oxygens (including phenoxy) is 1. The van der Waals surface area contributed by atoms with Crippen LogP contribution in [0, 0.1) is 0 Å². The Kier molecular flexibility index (Phi) is 8.28. The highest BCUT2D eigenvalue weighted by atomic mass is 32.2. The molecule has 25 heavy (non-hydrogen) atoms. The summed E-state index contributed by atoms with van der Waals surface area (Å²) in [6.45, 7) is 4.46. The van der Waals surface area contributed by atoms with Gasteiger partial charge in [0.2, 0.25) is 0 Å². The molecule has 0 saturated heterocycles. The number of nitrogens with zero attached hydrogens (tertiary/aromatic N) is 1. The van der Waals surface area contributed by atoms with Gasteiger partial charge >= 0.3 is 5.97 Å². The summed E-state index contributed by atoms with van der Waals surface area (Å²) in [5.74, 6) is 0.775. The zero-order valence-corrected chi connectivity index (χ0v) is 16.5. The van der Waals surface area contributed by atoms with Crippen LogP contribution in [0.2, 0.25) is 0 Å². The standard InChI is InChI=1S/C19H26N2O2S2/c1-3-6-16-17(13-14-8-10-15(20)11-9-14)25-19(21-16)24-12-5-7-18(22)23-4-2/h8-11H,3-7,12-13,20H2,1-2H3. The number of carbonyl (C=O) groups excluding carboxylic acids is 1. The lowest BCUT2D eigenvalue weighted by atomic mass is 10.1. The normalized spacial score (nSPS) is 10.8. The van der Waals surface area contributed by atoms with Crippen LogP contribution in [0.4, 0.5) is 5.69 Å². The van der Waals surface area contributed by atoms with Gasteiger partial charge in [-0.05, 0) is 37.5 Å². The molecule has 2 aromatic rings. The number of thiazole rings is 1. The van der Waals surface area contributed by atoms with Crippen LogP contribution in [0.1, 0.15) is 49.2 Å². The minimum absolute atomic E-state index is 0.113. The number of carbonyl (C=O) groups is 1. The molecule has 0 spiro atoms. The van der Waals surface area contributed by atoms with Crippen LogP contribution < -0.4 is 5.73 Å². The number of aryl methyl sites for hydroxylation is 1. The van der Waals surface area contributed by atoms with Crippen LogP contribution in [0.25, 0.3) is 0 Å². The summed E-state index contributed by atoms with van der Waals surface area (Å²) >= 11 is 3.51. The molecule has 0 bridgehead atoms. The second kappa shape index (κ2) is 10.5. The zero-order valence-electron chi connectivity index (χ0n) is 14.9. The van der Waals surface area contributed by atoms with Crippen molar-refractivity contribution in [3.63, 3.8) is 0 Å². The predicted molar refractivity (Wildman–Crippen MR) is 106 cm³/mol. The number of hydrogen-bond donors (Lipinski definition) is 1. The third kappa shape index (κ3) is 6.71. The lowest BCUT2D eigenvalue weighted by Crippen LogP contribution is -2.03. The van der Waals surface area contributed by atoms with E-state index in [4.69, 9.17) is 15.5 Å². The van der Waals surface area contributed by atoms with Crippen molar-refractivity contribution in [1.82, 2.24) is 4.98 Å². The largest absolute Gasteiger partial charge is 0.466 e. The average molecular weight is 379 g/mol. The fraction of sp³-hybridized carbons (Fsp3) is 0.474. The molecule has 0 amide bonds. The Hall–Kier alpha value is -1.53. The molecule has 1 heterocycles. The fourth-order valence-electron chi connectivity index (χ4n) is 2.42. The lowest BCUT2D eigenvalue weighted by Gasteiger charge is -2.02. The molecule has 2 N–H and O–H groups in total. The molecule has 136 valence electrons. The number of anilines is 1. The number of thioether (sulfide) groups is 1. The van der Waals surface area contributed by atoms with E-state index in [0.29, 0.717) is 13.0 Å². The number of esters is 1. The van der Waals surface area contributed by atoms with Gasteiger partial charge in [0, 0.05) is 29.2 Å². The first kappa shape index (κ1) is 19.8. The number of nitrogen functional groups attached to an aromatic ring is 1. The molecule has 6 heteroatoms. The number of nitrogens with two attached hydrogens (primary N) is 1. The number of benzene rings is 1. The molecule has 0 aliphatic heterocycles. The van der Waals surface area contributed by atoms with E-state index in [1.54, 1.807) is 23.1 Å². The van der Waals surface area contributed by atoms with E-state index in [1.807, 2.05) is 19.1 Å². The van der Waals surface area contributed by atoms with Gasteiger partial charge in [-0.3, -0.25) is 4.79 Å². The van der Waals surface area contributed by atoms with Gasteiger partial charge in [0.1, 0.15) is 4.34 Å². The van der Waals surface area contributed by atoms with E-state index < -0.39 is 0 Å². The Morgan fingerprint density at radius 2 is 2.04 bits per heavy atom. The lowest BCUT2D eigenvalue weighted by molar-refractivity contribution is -0.143. The van der Waals surface area contributed by atoms with Crippen LogP contribution in [-0.2, 0) is 22.4 Å². The summed E-state index contributed by atoms with van der Waals surface area (Å²) in [6.07, 6.45) is 4.29. The molecular formula is C19H26N2O2S2. The summed E-state index contributed by atoms with van der Waals surface area (Å²) in [4.78, 5) is 17.5. The Morgan fingerprint density at radius 3 is 2.72 bits per heavy atom. The molecular weight excluding hydrogens is 352 g/mol. The first-order valence-corrected chi connectivity index (χ1v) is 10.5. The Labute approximate surface area is 158 Å². The number of hydrogen-bond acceptors (Lipinski definition) is 6. The molecule has 0 aliphatic rings. The van der Waals surface area contributed by atoms with E-state index >= 15 is 0 Å². The highest BCUT2D eigenvalue weighted by Crippen LogP contribution is 2.30. The van der Waals surface area contributed by atoms with Gasteiger partial charge in [-0.2, -0.15) is 0 Å². The highest BCUT2D eigenvalue weighted by molar-refractivity contribution is 8.01. The molecule has 1 aromatic carbocycles. The molecule has 0 atom stereocenters. The molecule has 0 saturated carbocycles. The molecule has 2 rings (SSSR count). The maximum Gasteiger partial charge on any atom is 0.305 e. The Balaban J connectivity index is 1.93. The van der Waals surface area contributed by atoms with Gasteiger partial charge in [-0.1, -0.05) is 37.2 Å². The molecule has 0 aliphatic carbocycles. The average Bonchev–Trinajstić information content (AvgIpc) is 2.96. The van der Waals surface area contributed by atoms with Gasteiger partial charge in [0.25, 0.3) is 0 Å². The molecule has 0 fully saturated rings. The minimum atomic E-state index is -0.113. The van der Waals surface area contributed by atoms with Crippen molar-refractivity contribution in [2.24, 2.45) is 0 Å². The van der Waals surface area contributed by atoms with Crippen LogP contribution >= 0.6 is 23.1 Å². The first-order valence-electron chi connectivity index (χ1n) is 8.73. The summed E-state index contributed by atoms with van der Waals surface area (Å²) in [6, 6.07) is 8.05. The first-order chi connectivity index (χ1) is 12.1. The maximum absolute atomic E-state index is 11.4. The van der Waals surface area contributed by atoms with Gasteiger partial charge in [-0.25, -0.2) is 4.98 Å². The van der Waals surface area contributed by atoms with Gasteiger partial charge < -0.3 is 10.5 Å². The topological polar surface area (TPSA) is 65.2 Å². The number of aromatic nitrogens is 1. The van der Waals surface area contributed by atoms with E-state index in [1.165, 1.54) is 16.1 Å². The van der Waals surface area contributed by atoms with Crippen molar-refractivity contribution < 1.29 is 9.53 Å². The predicted octanol–water partition coefficient (Wildman–Crippen LogP) is 4.70. The summed E-state index contributed by atoms with van der Waals surface area (Å²) in [7, 11) is 0. The SMILES string of the molecule is CCCc1nc(SCCCC(=O)OCC)sc1Cc1ccc(N)cc1. The highest BCUT2D eigenvalue weighted by Gasteiger charge is 2.12. The third-order valence-electron chi connectivity index (χ3n) is 3.65. The molecule has 0 radical (unpaired) electrons. The van der Waals surface area contributed by atoms with Gasteiger partial charge in [0.15, 0.2) is 0 Å². The maximum atomic E-state index is 11.4. The van der Waals surface area contributed by atoms with Crippen LogP contribution in [-0.4, -0.2) is 23.3 Å². The van der Waals surface area contributed by atoms with Gasteiger partial charge in [0.05, 0.1) is 12.3 Å². The summed E-state index contributed by atoms with van der Waals surface area (Å²) < 4.78 is 6.05. The second-order valence-corrected chi connectivity index (χ2v) is 8.20. The molecule has 0 unspecified atom stereocenters. The summed E-state index contributed by atoms with van der Waals surface area (Å²) in [5.41, 5.74) is 9.02. The zero-order chi connectivity index (χ0) is 18.1. The second-order valence-electron chi connectivity index (χ2n) is 5.78. The van der Waals surface area contributed by atoms with Crippen molar-refractivity contribution in [3.05, 3.63) is 40.4 Å². The van der Waals surface area contributed by atoms with E-state index in [2.05, 4.69) is 19.1 Å². The van der Waals surface area contributed by atoms with Crippen molar-refractivity contribution in [2.75, 3.05) is 18.1 Å². The Bertz CT molecular complexity index is 669. The van der Waals surface area contributed by atoms with E-state index in [9.17, 15) is 4.79 Å². The number of rotatable bonds is 10. The quantitative estimate of drug-likeness (QED) is 0.281. The summed E-state index contributed by atoms with van der Waals surface area (Å²) in [5, 5.41) is 0. The monoisotopic (exact) mass is 378 g/mol. The van der Waals surface area contributed by atoms with Crippen molar-refractivity contribution in [3.8, 4) is 0 Å². The van der Waals surface area contributed by atoms with Crippen LogP contribution in [0.3, 0.4) is 0 Å². The van der Waals surface area contributed by atoms with E-state index in [-0.39, 0.29) is 5.97 Å². The van der Waals surface area contributed by atoms with Crippen LogP contribution in [0.15, 0.2) is 28.6 Å². The van der Waals surface area contributed by atoms with E-state index in [0.717, 1.165) is 41.5 Å². The van der Waals surface area contributed by atoms with Crippen molar-refractivity contribution in [1.29, 1.82) is 0 Å². The van der Waals surface area contributed by atoms with Crippen molar-refractivity contribution >= 4 is 34.8 Å². The molecule has 1 aromatic heterocycles. The van der Waals surface area contributed by atoms with Crippen LogP contribution in [0.5, 0.6) is 0 Å². The third-order valence-corrected chi connectivity index (χ3v) is 5.97. The van der Waals surface area contributed by atoms with Gasteiger partial charge in [-0.15, -0.1) is 11.3 Å². The minimum Gasteiger partial charge on any atom is -0.466 e. The smallest absolute Gasteiger partial charge is 0.305 e. The molecule has 4 nitrogen and oxygen atoms in total. The fourth-order valence-corrected chi connectivity index (χ4v) is 4.72.